The smallest absolute Gasteiger partial charge is 0.0897 e. The van der Waals surface area contributed by atoms with E-state index >= 15 is 0 Å². The number of rotatable bonds is 6. The van der Waals surface area contributed by atoms with Gasteiger partial charge in [-0.3, -0.25) is 0 Å². The zero-order chi connectivity index (χ0) is 15.2. The zero-order valence-corrected chi connectivity index (χ0v) is 14.2. The highest BCUT2D eigenvalue weighted by Crippen LogP contribution is 2.29. The van der Waals surface area contributed by atoms with Crippen molar-refractivity contribution in [1.29, 1.82) is 0 Å². The third-order valence-corrected chi connectivity index (χ3v) is 5.86. The summed E-state index contributed by atoms with van der Waals surface area (Å²) in [5, 5.41) is 13.7. The Bertz CT molecular complexity index is 297. The lowest BCUT2D eigenvalue weighted by Crippen LogP contribution is -2.45. The fraction of sp³-hybridized carbons (Fsp3) is 1.00. The highest BCUT2D eigenvalue weighted by Gasteiger charge is 2.27. The number of aliphatic hydroxyl groups excluding tert-OH is 1. The molecule has 2 fully saturated rings. The van der Waals surface area contributed by atoms with E-state index in [1.807, 2.05) is 0 Å². The van der Waals surface area contributed by atoms with Crippen LogP contribution in [0, 0.1) is 17.8 Å². The van der Waals surface area contributed by atoms with Gasteiger partial charge in [-0.15, -0.1) is 0 Å². The van der Waals surface area contributed by atoms with Gasteiger partial charge in [0.05, 0.1) is 18.8 Å². The average molecular weight is 297 g/mol. The molecule has 3 nitrogen and oxygen atoms in total. The molecule has 2 aliphatic carbocycles. The van der Waals surface area contributed by atoms with E-state index in [0.29, 0.717) is 37.1 Å². The maximum atomic E-state index is 10.2. The molecule has 2 N–H and O–H groups in total. The molecular weight excluding hydrogens is 262 g/mol. The van der Waals surface area contributed by atoms with Crippen LogP contribution in [0.4, 0.5) is 0 Å². The minimum Gasteiger partial charge on any atom is -0.389 e. The Labute approximate surface area is 130 Å². The van der Waals surface area contributed by atoms with Crippen LogP contribution in [-0.4, -0.2) is 36.5 Å². The molecule has 3 heteroatoms. The first-order chi connectivity index (χ1) is 10.1. The van der Waals surface area contributed by atoms with Crippen molar-refractivity contribution in [2.45, 2.75) is 84.0 Å². The lowest BCUT2D eigenvalue weighted by molar-refractivity contribution is -0.0463. The van der Waals surface area contributed by atoms with Gasteiger partial charge in [-0.1, -0.05) is 46.5 Å². The van der Waals surface area contributed by atoms with Gasteiger partial charge in [0.2, 0.25) is 0 Å². The Kier molecular flexibility index (Phi) is 6.97. The van der Waals surface area contributed by atoms with Crippen LogP contribution >= 0.6 is 0 Å². The second-order valence-corrected chi connectivity index (χ2v) is 7.57. The fourth-order valence-corrected chi connectivity index (χ4v) is 3.98. The summed E-state index contributed by atoms with van der Waals surface area (Å²) in [6, 6.07) is 0.567. The predicted molar refractivity (Wildman–Crippen MR) is 87.3 cm³/mol. The predicted octanol–water partition coefficient (Wildman–Crippen LogP) is 3.36. The number of hydrogen-bond acceptors (Lipinski definition) is 3. The van der Waals surface area contributed by atoms with Crippen LogP contribution in [0.2, 0.25) is 0 Å². The lowest BCUT2D eigenvalue weighted by Gasteiger charge is -2.35. The molecule has 0 aliphatic heterocycles. The highest BCUT2D eigenvalue weighted by atomic mass is 16.5. The maximum absolute atomic E-state index is 10.2. The third-order valence-electron chi connectivity index (χ3n) is 5.86. The van der Waals surface area contributed by atoms with Crippen LogP contribution < -0.4 is 5.32 Å². The van der Waals surface area contributed by atoms with Crippen molar-refractivity contribution in [3.63, 3.8) is 0 Å². The van der Waals surface area contributed by atoms with E-state index in [1.165, 1.54) is 44.9 Å². The van der Waals surface area contributed by atoms with Gasteiger partial charge in [0, 0.05) is 12.6 Å². The second kappa shape index (κ2) is 8.50. The van der Waals surface area contributed by atoms with Crippen LogP contribution in [0.5, 0.6) is 0 Å². The molecule has 0 aromatic rings. The molecule has 2 saturated carbocycles. The van der Waals surface area contributed by atoms with Crippen molar-refractivity contribution < 1.29 is 9.84 Å². The topological polar surface area (TPSA) is 41.5 Å². The summed E-state index contributed by atoms with van der Waals surface area (Å²) in [4.78, 5) is 0. The van der Waals surface area contributed by atoms with Gasteiger partial charge < -0.3 is 15.2 Å². The Hall–Kier alpha value is -0.120. The van der Waals surface area contributed by atoms with Gasteiger partial charge in [0.15, 0.2) is 0 Å². The number of hydrogen-bond donors (Lipinski definition) is 2. The largest absolute Gasteiger partial charge is 0.389 e. The Morgan fingerprint density at radius 3 is 2.48 bits per heavy atom. The SMILES string of the molecule is CC1CCCCC1OCC(O)CNC1CCCC(C)C1C. The summed E-state index contributed by atoms with van der Waals surface area (Å²) in [5.41, 5.74) is 0. The zero-order valence-electron chi connectivity index (χ0n) is 14.2. The molecule has 2 aliphatic rings. The van der Waals surface area contributed by atoms with E-state index in [0.717, 1.165) is 5.92 Å². The monoisotopic (exact) mass is 297 g/mol. The molecule has 0 heterocycles. The van der Waals surface area contributed by atoms with E-state index < -0.39 is 0 Å². The van der Waals surface area contributed by atoms with Gasteiger partial charge in [0.1, 0.15) is 0 Å². The van der Waals surface area contributed by atoms with E-state index in [2.05, 4.69) is 26.1 Å². The summed E-state index contributed by atoms with van der Waals surface area (Å²) < 4.78 is 5.95. The van der Waals surface area contributed by atoms with Gasteiger partial charge in [-0.25, -0.2) is 0 Å². The molecule has 21 heavy (non-hydrogen) atoms. The third kappa shape index (κ3) is 5.22. The first-order valence-corrected chi connectivity index (χ1v) is 9.11. The molecule has 0 amide bonds. The number of aliphatic hydroxyl groups is 1. The van der Waals surface area contributed by atoms with Crippen LogP contribution in [0.3, 0.4) is 0 Å². The number of nitrogens with one attached hydrogen (secondary N) is 1. The summed E-state index contributed by atoms with van der Waals surface area (Å²) in [6.07, 6.45) is 8.96. The molecule has 6 atom stereocenters. The van der Waals surface area contributed by atoms with Gasteiger partial charge >= 0.3 is 0 Å². The van der Waals surface area contributed by atoms with Crippen molar-refractivity contribution >= 4 is 0 Å². The molecule has 0 aromatic heterocycles. The van der Waals surface area contributed by atoms with Gasteiger partial charge in [-0.2, -0.15) is 0 Å². The summed E-state index contributed by atoms with van der Waals surface area (Å²) in [7, 11) is 0. The minimum absolute atomic E-state index is 0.363. The van der Waals surface area contributed by atoms with Crippen molar-refractivity contribution in [2.75, 3.05) is 13.2 Å². The molecule has 0 bridgehead atoms. The van der Waals surface area contributed by atoms with E-state index in [1.54, 1.807) is 0 Å². The van der Waals surface area contributed by atoms with E-state index in [9.17, 15) is 5.11 Å². The first-order valence-electron chi connectivity index (χ1n) is 9.11. The van der Waals surface area contributed by atoms with Crippen LogP contribution in [0.1, 0.15) is 65.7 Å². The normalized spacial score (nSPS) is 39.1. The molecule has 0 aromatic carbocycles. The molecule has 0 spiro atoms. The Balaban J connectivity index is 1.64. The van der Waals surface area contributed by atoms with Crippen molar-refractivity contribution in [2.24, 2.45) is 17.8 Å². The fourth-order valence-electron chi connectivity index (χ4n) is 3.98. The van der Waals surface area contributed by atoms with Crippen molar-refractivity contribution in [3.05, 3.63) is 0 Å². The molecule has 6 unspecified atom stereocenters. The molecule has 2 rings (SSSR count). The standard InChI is InChI=1S/C18H35NO2/c1-13-8-6-9-17(15(13)3)19-11-16(20)12-21-18-10-5-4-7-14(18)2/h13-20H,4-12H2,1-3H3. The molecule has 124 valence electrons. The van der Waals surface area contributed by atoms with Crippen molar-refractivity contribution in [3.8, 4) is 0 Å². The summed E-state index contributed by atoms with van der Waals surface area (Å²) >= 11 is 0. The van der Waals surface area contributed by atoms with E-state index in [-0.39, 0.29) is 6.10 Å². The van der Waals surface area contributed by atoms with Crippen LogP contribution in [0.25, 0.3) is 0 Å². The average Bonchev–Trinajstić information content (AvgIpc) is 2.48. The first kappa shape index (κ1) is 17.2. The maximum Gasteiger partial charge on any atom is 0.0897 e. The highest BCUT2D eigenvalue weighted by molar-refractivity contribution is 4.83. The molecular formula is C18H35NO2. The van der Waals surface area contributed by atoms with Crippen LogP contribution in [-0.2, 0) is 4.74 Å². The quantitative estimate of drug-likeness (QED) is 0.790. The molecule has 0 radical (unpaired) electrons. The minimum atomic E-state index is -0.372. The Morgan fingerprint density at radius 1 is 1.00 bits per heavy atom. The van der Waals surface area contributed by atoms with E-state index in [4.69, 9.17) is 4.74 Å². The summed E-state index contributed by atoms with van der Waals surface area (Å²) in [6.45, 7) is 8.12. The second-order valence-electron chi connectivity index (χ2n) is 7.57. The van der Waals surface area contributed by atoms with Gasteiger partial charge in [0.25, 0.3) is 0 Å². The number of ether oxygens (including phenoxy) is 1. The van der Waals surface area contributed by atoms with Gasteiger partial charge in [-0.05, 0) is 37.0 Å². The summed E-state index contributed by atoms with van der Waals surface area (Å²) in [5.74, 6) is 2.16. The van der Waals surface area contributed by atoms with Crippen molar-refractivity contribution in [1.82, 2.24) is 5.32 Å². The van der Waals surface area contributed by atoms with Crippen LogP contribution in [0.15, 0.2) is 0 Å². The Morgan fingerprint density at radius 2 is 1.71 bits per heavy atom. The lowest BCUT2D eigenvalue weighted by atomic mass is 9.78. The molecule has 0 saturated heterocycles.